The van der Waals surface area contributed by atoms with Crippen molar-refractivity contribution in [1.29, 1.82) is 0 Å². The first-order valence-electron chi connectivity index (χ1n) is 11.1. The number of aromatic nitrogens is 2. The lowest BCUT2D eigenvalue weighted by atomic mass is 9.88. The van der Waals surface area contributed by atoms with Crippen molar-refractivity contribution in [3.8, 4) is 5.88 Å². The van der Waals surface area contributed by atoms with Crippen LogP contribution in [0.3, 0.4) is 0 Å². The molecule has 0 bridgehead atoms. The number of carbonyl (C=O) groups excluding carboxylic acids is 1. The zero-order valence-corrected chi connectivity index (χ0v) is 21.7. The van der Waals surface area contributed by atoms with E-state index in [1.165, 1.54) is 37.3 Å². The monoisotopic (exact) mass is 543 g/mol. The van der Waals surface area contributed by atoms with E-state index in [4.69, 9.17) is 16.3 Å². The van der Waals surface area contributed by atoms with Gasteiger partial charge in [0, 0.05) is 22.9 Å². The lowest BCUT2D eigenvalue weighted by Crippen LogP contribution is -2.31. The van der Waals surface area contributed by atoms with E-state index in [0.29, 0.717) is 27.0 Å². The summed E-state index contributed by atoms with van der Waals surface area (Å²) in [5, 5.41) is 6.42. The molecule has 1 saturated heterocycles. The van der Waals surface area contributed by atoms with Gasteiger partial charge in [-0.3, -0.25) is 4.79 Å². The number of hydrogen-bond acceptors (Lipinski definition) is 6. The summed E-state index contributed by atoms with van der Waals surface area (Å²) in [6, 6.07) is 11.6. The molecule has 1 aliphatic heterocycles. The highest BCUT2D eigenvalue weighted by Gasteiger charge is 2.21. The highest BCUT2D eigenvalue weighted by atomic mass is 79.9. The quantitative estimate of drug-likeness (QED) is 0.395. The molecule has 178 valence electrons. The Balaban J connectivity index is 1.50. The van der Waals surface area contributed by atoms with E-state index in [-0.39, 0.29) is 11.4 Å². The lowest BCUT2D eigenvalue weighted by molar-refractivity contribution is 0.102. The fourth-order valence-corrected chi connectivity index (χ4v) is 5.10. The van der Waals surface area contributed by atoms with Gasteiger partial charge >= 0.3 is 0 Å². The molecule has 9 heteroatoms. The molecule has 1 aliphatic rings. The normalized spacial score (nSPS) is 16.2. The number of para-hydroxylation sites is 1. The predicted molar refractivity (Wildman–Crippen MR) is 140 cm³/mol. The minimum atomic E-state index is -0.421. The Morgan fingerprint density at radius 3 is 2.82 bits per heavy atom. The van der Waals surface area contributed by atoms with Crippen LogP contribution in [0.2, 0.25) is 5.02 Å². The Morgan fingerprint density at radius 1 is 1.29 bits per heavy atom. The molecule has 0 saturated carbocycles. The molecule has 7 nitrogen and oxygen atoms in total. The topological polar surface area (TPSA) is 79.4 Å². The number of nitrogens with zero attached hydrogens (tertiary/aromatic N) is 3. The van der Waals surface area contributed by atoms with Crippen LogP contribution in [-0.4, -0.2) is 48.0 Å². The highest BCUT2D eigenvalue weighted by molar-refractivity contribution is 9.10. The van der Waals surface area contributed by atoms with Crippen LogP contribution in [0.5, 0.6) is 5.88 Å². The number of halogens is 2. The molecule has 1 amide bonds. The van der Waals surface area contributed by atoms with Crippen LogP contribution in [0.15, 0.2) is 47.1 Å². The van der Waals surface area contributed by atoms with Crippen molar-refractivity contribution in [2.45, 2.75) is 25.7 Å². The lowest BCUT2D eigenvalue weighted by Gasteiger charge is -2.31. The molecule has 0 aliphatic carbocycles. The van der Waals surface area contributed by atoms with Crippen LogP contribution in [0.25, 0.3) is 0 Å². The van der Waals surface area contributed by atoms with E-state index < -0.39 is 5.91 Å². The fourth-order valence-electron chi connectivity index (χ4n) is 4.30. The predicted octanol–water partition coefficient (Wildman–Crippen LogP) is 6.01. The molecular formula is C25H27BrClN5O2. The fraction of sp³-hybridized carbons (Fsp3) is 0.320. The maximum Gasteiger partial charge on any atom is 0.262 e. The second kappa shape index (κ2) is 10.7. The average Bonchev–Trinajstić information content (AvgIpc) is 2.81. The average molecular weight is 545 g/mol. The van der Waals surface area contributed by atoms with Gasteiger partial charge in [0.2, 0.25) is 11.8 Å². The van der Waals surface area contributed by atoms with Crippen molar-refractivity contribution in [2.75, 3.05) is 37.9 Å². The summed E-state index contributed by atoms with van der Waals surface area (Å²) >= 11 is 9.61. The number of piperidine rings is 1. The number of carbonyl (C=O) groups is 1. The molecule has 4 rings (SSSR count). The number of amides is 1. The minimum absolute atomic E-state index is 0.164. The molecule has 2 aromatic carbocycles. The molecule has 0 unspecified atom stereocenters. The van der Waals surface area contributed by atoms with Gasteiger partial charge in [0.1, 0.15) is 5.56 Å². The number of likely N-dealkylation sites (N-methyl/N-ethyl adjacent to an activating group) is 1. The Morgan fingerprint density at radius 2 is 2.12 bits per heavy atom. The number of aryl methyl sites for hydroxylation is 1. The first-order valence-corrected chi connectivity index (χ1v) is 12.3. The van der Waals surface area contributed by atoms with Crippen molar-refractivity contribution in [3.63, 3.8) is 0 Å². The van der Waals surface area contributed by atoms with Gasteiger partial charge in [0.25, 0.3) is 5.91 Å². The van der Waals surface area contributed by atoms with E-state index >= 15 is 0 Å². The van der Waals surface area contributed by atoms with Crippen molar-refractivity contribution < 1.29 is 9.53 Å². The maximum atomic E-state index is 12.8. The van der Waals surface area contributed by atoms with Gasteiger partial charge in [-0.2, -0.15) is 4.98 Å². The SMILES string of the molecule is COc1nc(Nc2ccc([C@H]3CCCN(C)C3)c(C)c2)ncc1C(=O)Nc1c(Cl)cccc1Br. The number of nitrogens with one attached hydrogen (secondary N) is 2. The molecule has 2 heterocycles. The van der Waals surface area contributed by atoms with Crippen molar-refractivity contribution >= 4 is 50.8 Å². The van der Waals surface area contributed by atoms with Crippen LogP contribution in [-0.2, 0) is 0 Å². The summed E-state index contributed by atoms with van der Waals surface area (Å²) in [4.78, 5) is 24.0. The molecule has 1 fully saturated rings. The Labute approximate surface area is 213 Å². The number of hydrogen-bond donors (Lipinski definition) is 2. The van der Waals surface area contributed by atoms with Gasteiger partial charge < -0.3 is 20.3 Å². The zero-order valence-electron chi connectivity index (χ0n) is 19.4. The Hall–Kier alpha value is -2.68. The molecular weight excluding hydrogens is 518 g/mol. The van der Waals surface area contributed by atoms with Gasteiger partial charge in [0.15, 0.2) is 0 Å². The van der Waals surface area contributed by atoms with Crippen LogP contribution in [0.1, 0.15) is 40.2 Å². The van der Waals surface area contributed by atoms with Crippen LogP contribution in [0.4, 0.5) is 17.3 Å². The van der Waals surface area contributed by atoms with Gasteiger partial charge in [-0.1, -0.05) is 23.7 Å². The summed E-state index contributed by atoms with van der Waals surface area (Å²) in [6.45, 7) is 4.39. The molecule has 0 radical (unpaired) electrons. The summed E-state index contributed by atoms with van der Waals surface area (Å²) in [6.07, 6.45) is 3.88. The van der Waals surface area contributed by atoms with Crippen molar-refractivity contribution in [3.05, 3.63) is 68.8 Å². The molecule has 3 aromatic rings. The third kappa shape index (κ3) is 5.51. The number of rotatable bonds is 6. The van der Waals surface area contributed by atoms with E-state index in [0.717, 1.165) is 18.8 Å². The molecule has 0 spiro atoms. The standard InChI is InChI=1S/C25H27BrClN5O2/c1-15-12-17(9-10-18(15)16-6-5-11-32(2)14-16)29-25-28-13-19(24(31-25)34-3)23(33)30-22-20(26)7-4-8-21(22)27/h4,7-10,12-13,16H,5-6,11,14H2,1-3H3,(H,30,33)(H,28,29,31)/t16-/m0/s1. The van der Waals surface area contributed by atoms with Crippen LogP contribution < -0.4 is 15.4 Å². The van der Waals surface area contributed by atoms with Gasteiger partial charge in [-0.25, -0.2) is 4.98 Å². The molecule has 1 aromatic heterocycles. The molecule has 2 N–H and O–H groups in total. The third-order valence-electron chi connectivity index (χ3n) is 5.98. The first kappa shape index (κ1) is 24.4. The van der Waals surface area contributed by atoms with Crippen molar-refractivity contribution in [1.82, 2.24) is 14.9 Å². The van der Waals surface area contributed by atoms with Gasteiger partial charge in [0.05, 0.1) is 17.8 Å². The van der Waals surface area contributed by atoms with Gasteiger partial charge in [-0.15, -0.1) is 0 Å². The number of benzene rings is 2. The van der Waals surface area contributed by atoms with Crippen LogP contribution >= 0.6 is 27.5 Å². The summed E-state index contributed by atoms with van der Waals surface area (Å²) in [5.41, 5.74) is 4.17. The Bertz CT molecular complexity index is 1190. The minimum Gasteiger partial charge on any atom is -0.480 e. The second-order valence-electron chi connectivity index (χ2n) is 8.47. The summed E-state index contributed by atoms with van der Waals surface area (Å²) in [5.74, 6) is 0.642. The largest absolute Gasteiger partial charge is 0.480 e. The maximum absolute atomic E-state index is 12.8. The van der Waals surface area contributed by atoms with E-state index in [1.54, 1.807) is 18.2 Å². The highest BCUT2D eigenvalue weighted by Crippen LogP contribution is 2.32. The van der Waals surface area contributed by atoms with Crippen LogP contribution in [0, 0.1) is 6.92 Å². The molecule has 1 atom stereocenters. The van der Waals surface area contributed by atoms with E-state index in [9.17, 15) is 4.79 Å². The summed E-state index contributed by atoms with van der Waals surface area (Å²) in [7, 11) is 3.65. The Kier molecular flexibility index (Phi) is 7.70. The molecule has 34 heavy (non-hydrogen) atoms. The smallest absolute Gasteiger partial charge is 0.262 e. The van der Waals surface area contributed by atoms with E-state index in [1.807, 2.05) is 6.07 Å². The number of anilines is 3. The zero-order chi connectivity index (χ0) is 24.2. The summed E-state index contributed by atoms with van der Waals surface area (Å²) < 4.78 is 6.05. The van der Waals surface area contributed by atoms with Gasteiger partial charge in [-0.05, 0) is 90.6 Å². The second-order valence-corrected chi connectivity index (χ2v) is 9.73. The van der Waals surface area contributed by atoms with E-state index in [2.05, 4.69) is 67.5 Å². The third-order valence-corrected chi connectivity index (χ3v) is 6.96. The number of methoxy groups -OCH3 is 1. The number of likely N-dealkylation sites (tertiary alicyclic amines) is 1. The number of ether oxygens (including phenoxy) is 1. The van der Waals surface area contributed by atoms with Crippen molar-refractivity contribution in [2.24, 2.45) is 0 Å². The first-order chi connectivity index (χ1) is 16.4.